The molecule has 0 bridgehead atoms. The molecule has 0 amide bonds. The molecule has 0 fully saturated rings. The molecule has 0 saturated heterocycles. The van der Waals surface area contributed by atoms with Crippen LogP contribution >= 0.6 is 0 Å². The van der Waals surface area contributed by atoms with Gasteiger partial charge in [0.1, 0.15) is 17.8 Å². The van der Waals surface area contributed by atoms with Crippen LogP contribution in [0.15, 0.2) is 12.2 Å². The predicted octanol–water partition coefficient (Wildman–Crippen LogP) is 7.39. The fourth-order valence-corrected chi connectivity index (χ4v) is 5.41. The van der Waals surface area contributed by atoms with Crippen LogP contribution in [-0.2, 0) is 14.4 Å². The minimum absolute atomic E-state index is 0.226. The van der Waals surface area contributed by atoms with Crippen LogP contribution in [0.4, 0.5) is 0 Å². The summed E-state index contributed by atoms with van der Waals surface area (Å²) in [5.74, 6) is -4.80. The van der Waals surface area contributed by atoms with Crippen LogP contribution in [0.25, 0.3) is 0 Å². The first-order valence-corrected chi connectivity index (χ1v) is 15.2. The second-order valence-electron chi connectivity index (χ2n) is 11.6. The summed E-state index contributed by atoms with van der Waals surface area (Å²) in [6.45, 7) is 8.41. The van der Waals surface area contributed by atoms with Crippen LogP contribution in [0.2, 0.25) is 0 Å². The van der Waals surface area contributed by atoms with Gasteiger partial charge >= 0.3 is 17.9 Å². The van der Waals surface area contributed by atoms with Crippen LogP contribution < -0.4 is 0 Å². The Morgan fingerprint density at radius 2 is 0.868 bits per heavy atom. The molecule has 3 N–H and O–H groups in total. The van der Waals surface area contributed by atoms with Gasteiger partial charge in [-0.15, -0.1) is 0 Å². The van der Waals surface area contributed by atoms with Gasteiger partial charge in [0.2, 0.25) is 0 Å². The van der Waals surface area contributed by atoms with Crippen molar-refractivity contribution in [1.82, 2.24) is 0 Å². The molecule has 3 atom stereocenters. The minimum Gasteiger partial charge on any atom is -0.481 e. The summed E-state index contributed by atoms with van der Waals surface area (Å²) in [6.07, 6.45) is 22.8. The van der Waals surface area contributed by atoms with E-state index in [0.29, 0.717) is 6.54 Å². The molecule has 0 aliphatic rings. The van der Waals surface area contributed by atoms with Crippen molar-refractivity contribution >= 4 is 17.9 Å². The first kappa shape index (κ1) is 36.1. The van der Waals surface area contributed by atoms with Crippen molar-refractivity contribution in [3.05, 3.63) is 12.2 Å². The fraction of sp³-hybridized carbons (Fsp3) is 0.839. The Hall–Kier alpha value is -1.89. The van der Waals surface area contributed by atoms with Crippen molar-refractivity contribution in [2.45, 2.75) is 124 Å². The zero-order chi connectivity index (χ0) is 28.8. The molecule has 0 heterocycles. The number of hydrogen-bond acceptors (Lipinski definition) is 3. The van der Waals surface area contributed by atoms with Gasteiger partial charge in [0.25, 0.3) is 0 Å². The molecule has 0 aliphatic carbocycles. The maximum absolute atomic E-state index is 11.6. The molecule has 222 valence electrons. The maximum Gasteiger partial charge on any atom is 0.311 e. The van der Waals surface area contributed by atoms with E-state index in [-0.39, 0.29) is 24.1 Å². The van der Waals surface area contributed by atoms with Gasteiger partial charge in [-0.2, -0.15) is 0 Å². The molecule has 0 radical (unpaired) electrons. The van der Waals surface area contributed by atoms with E-state index in [9.17, 15) is 29.7 Å². The SMILES string of the molecule is CC/C=C/CCCCCCCCCCCCCCC[N+](CC(C)C(=O)O)(CC(C)C(=O)O)CC(C)C(=O)O. The average molecular weight is 541 g/mol. The van der Waals surface area contributed by atoms with Crippen molar-refractivity contribution in [2.75, 3.05) is 26.2 Å². The number of aliphatic carboxylic acids is 3. The van der Waals surface area contributed by atoms with Crippen LogP contribution in [0, 0.1) is 17.8 Å². The summed E-state index contributed by atoms with van der Waals surface area (Å²) in [4.78, 5) is 34.8. The van der Waals surface area contributed by atoms with Gasteiger partial charge in [0.05, 0.1) is 26.2 Å². The summed E-state index contributed by atoms with van der Waals surface area (Å²) in [6, 6.07) is 0. The number of hydrogen-bond donors (Lipinski definition) is 3. The predicted molar refractivity (Wildman–Crippen MR) is 154 cm³/mol. The van der Waals surface area contributed by atoms with Gasteiger partial charge in [0, 0.05) is 0 Å². The Kier molecular flexibility index (Phi) is 20.9. The van der Waals surface area contributed by atoms with Gasteiger partial charge in [-0.25, -0.2) is 0 Å². The summed E-state index contributed by atoms with van der Waals surface area (Å²) in [7, 11) is 0. The normalized spacial score (nSPS) is 15.7. The Morgan fingerprint density at radius 3 is 1.18 bits per heavy atom. The number of nitrogens with zero attached hydrogens (tertiary/aromatic N) is 1. The Bertz CT molecular complexity index is 622. The highest BCUT2D eigenvalue weighted by atomic mass is 16.4. The Balaban J connectivity index is 4.40. The number of rotatable bonds is 26. The van der Waals surface area contributed by atoms with Crippen LogP contribution in [0.1, 0.15) is 124 Å². The van der Waals surface area contributed by atoms with E-state index in [4.69, 9.17) is 0 Å². The van der Waals surface area contributed by atoms with Gasteiger partial charge in [-0.3, -0.25) is 14.4 Å². The first-order valence-electron chi connectivity index (χ1n) is 15.2. The molecule has 0 aromatic carbocycles. The molecule has 0 aliphatic heterocycles. The summed E-state index contributed by atoms with van der Waals surface area (Å²) in [5, 5.41) is 28.5. The molecule has 0 saturated carbocycles. The average Bonchev–Trinajstić information content (AvgIpc) is 2.85. The molecule has 7 nitrogen and oxygen atoms in total. The molecular formula is C31H58NO6+. The standard InChI is InChI=1S/C31H57NO6/c1-5-6-7-8-9-10-11-12-13-14-15-16-17-18-19-20-21-22-32(23-26(2)29(33)34,24-27(3)30(35)36)25-28(4)31(37)38/h6-7,26-28H,5,8-25H2,1-4H3,(H2-,33,34,35,36,37,38)/p+1/b7-6+. The van der Waals surface area contributed by atoms with Gasteiger partial charge in [0.15, 0.2) is 0 Å². The number of carbonyl (C=O) groups is 3. The van der Waals surface area contributed by atoms with E-state index in [1.165, 1.54) is 70.6 Å². The maximum atomic E-state index is 11.6. The Morgan fingerprint density at radius 1 is 0.553 bits per heavy atom. The fourth-order valence-electron chi connectivity index (χ4n) is 5.41. The highest BCUT2D eigenvalue weighted by Gasteiger charge is 2.38. The van der Waals surface area contributed by atoms with Crippen molar-refractivity contribution in [3.8, 4) is 0 Å². The van der Waals surface area contributed by atoms with E-state index in [1.807, 2.05) is 0 Å². The first-order chi connectivity index (χ1) is 18.0. The third-order valence-electron chi connectivity index (χ3n) is 7.65. The second-order valence-corrected chi connectivity index (χ2v) is 11.6. The minimum atomic E-state index is -0.932. The van der Waals surface area contributed by atoms with Crippen LogP contribution in [0.5, 0.6) is 0 Å². The van der Waals surface area contributed by atoms with Crippen LogP contribution in [0.3, 0.4) is 0 Å². The molecular weight excluding hydrogens is 482 g/mol. The van der Waals surface area contributed by atoms with Gasteiger partial charge in [-0.05, 0) is 52.9 Å². The van der Waals surface area contributed by atoms with E-state index in [2.05, 4.69) is 19.1 Å². The molecule has 0 aromatic heterocycles. The topological polar surface area (TPSA) is 112 Å². The third-order valence-corrected chi connectivity index (χ3v) is 7.65. The monoisotopic (exact) mass is 540 g/mol. The number of carboxylic acids is 3. The lowest BCUT2D eigenvalue weighted by Gasteiger charge is -2.42. The van der Waals surface area contributed by atoms with E-state index in [1.54, 1.807) is 20.8 Å². The van der Waals surface area contributed by atoms with E-state index in [0.717, 1.165) is 25.7 Å². The Labute approximate surface area is 232 Å². The summed E-state index contributed by atoms with van der Waals surface area (Å²) < 4.78 is 0.226. The zero-order valence-electron chi connectivity index (χ0n) is 24.8. The van der Waals surface area contributed by atoms with Gasteiger partial charge in [-0.1, -0.05) is 83.3 Å². The summed E-state index contributed by atoms with van der Waals surface area (Å²) in [5.41, 5.74) is 0. The lowest BCUT2D eigenvalue weighted by Crippen LogP contribution is -2.57. The zero-order valence-corrected chi connectivity index (χ0v) is 24.8. The summed E-state index contributed by atoms with van der Waals surface area (Å²) >= 11 is 0. The third kappa shape index (κ3) is 18.4. The lowest BCUT2D eigenvalue weighted by atomic mass is 10.00. The van der Waals surface area contributed by atoms with E-state index < -0.39 is 35.7 Å². The number of quaternary nitrogens is 1. The van der Waals surface area contributed by atoms with Crippen molar-refractivity contribution in [3.63, 3.8) is 0 Å². The van der Waals surface area contributed by atoms with Crippen LogP contribution in [-0.4, -0.2) is 63.9 Å². The van der Waals surface area contributed by atoms with Crippen molar-refractivity contribution < 1.29 is 34.2 Å². The smallest absolute Gasteiger partial charge is 0.311 e. The quantitative estimate of drug-likeness (QED) is 0.0599. The number of unbranched alkanes of at least 4 members (excludes halogenated alkanes) is 13. The lowest BCUT2D eigenvalue weighted by molar-refractivity contribution is -0.934. The highest BCUT2D eigenvalue weighted by molar-refractivity contribution is 5.70. The molecule has 38 heavy (non-hydrogen) atoms. The molecule has 7 heteroatoms. The molecule has 0 spiro atoms. The number of allylic oxidation sites excluding steroid dienone is 2. The highest BCUT2D eigenvalue weighted by Crippen LogP contribution is 2.22. The van der Waals surface area contributed by atoms with Crippen molar-refractivity contribution in [1.29, 1.82) is 0 Å². The molecule has 0 aromatic rings. The largest absolute Gasteiger partial charge is 0.481 e. The van der Waals surface area contributed by atoms with Gasteiger partial charge < -0.3 is 19.8 Å². The second kappa shape index (κ2) is 22.0. The van der Waals surface area contributed by atoms with Crippen molar-refractivity contribution in [2.24, 2.45) is 17.8 Å². The molecule has 3 unspecified atom stereocenters. The van der Waals surface area contributed by atoms with E-state index >= 15 is 0 Å². The number of carboxylic acid groups (broad SMARTS) is 3. The molecule has 0 rings (SSSR count).